The van der Waals surface area contributed by atoms with Gasteiger partial charge in [0.1, 0.15) is 17.3 Å². The van der Waals surface area contributed by atoms with Gasteiger partial charge in [0.2, 0.25) is 0 Å². The van der Waals surface area contributed by atoms with Crippen LogP contribution < -0.4 is 9.80 Å². The third-order valence-corrected chi connectivity index (χ3v) is 5.04. The van der Waals surface area contributed by atoms with E-state index in [9.17, 15) is 9.90 Å². The van der Waals surface area contributed by atoms with E-state index in [1.165, 1.54) is 0 Å². The number of anilines is 2. The van der Waals surface area contributed by atoms with Crippen LogP contribution in [0.1, 0.15) is 11.1 Å². The van der Waals surface area contributed by atoms with Crippen molar-refractivity contribution < 1.29 is 9.90 Å². The van der Waals surface area contributed by atoms with Crippen molar-refractivity contribution >= 4 is 40.8 Å². The number of hydrogen-bond donors (Lipinski definition) is 1. The number of halogens is 1. The average Bonchev–Trinajstić information content (AvgIpc) is 3.06. The van der Waals surface area contributed by atoms with Crippen molar-refractivity contribution in [2.45, 2.75) is 0 Å². The summed E-state index contributed by atoms with van der Waals surface area (Å²) in [5.74, 6) is 0.410. The van der Waals surface area contributed by atoms with E-state index < -0.39 is 0 Å². The van der Waals surface area contributed by atoms with E-state index in [0.717, 1.165) is 16.8 Å². The van der Waals surface area contributed by atoms with Crippen LogP contribution in [-0.2, 0) is 4.79 Å². The van der Waals surface area contributed by atoms with Crippen molar-refractivity contribution in [1.29, 1.82) is 0 Å². The SMILES string of the molecule is CN(C)c1ccc(/C=C2/N=C(c3ccc(Cl)cc3)N(c3ccc(O)cc3)C2=O)cc1. The van der Waals surface area contributed by atoms with Gasteiger partial charge in [0.05, 0.1) is 5.69 Å². The summed E-state index contributed by atoms with van der Waals surface area (Å²) in [7, 11) is 3.96. The van der Waals surface area contributed by atoms with Crippen LogP contribution in [0.2, 0.25) is 5.02 Å². The molecule has 0 unspecified atom stereocenters. The smallest absolute Gasteiger partial charge is 0.282 e. The molecule has 0 aliphatic carbocycles. The van der Waals surface area contributed by atoms with Gasteiger partial charge in [-0.15, -0.1) is 0 Å². The lowest BCUT2D eigenvalue weighted by Crippen LogP contribution is -2.32. The lowest BCUT2D eigenvalue weighted by molar-refractivity contribution is -0.113. The van der Waals surface area contributed by atoms with E-state index in [0.29, 0.717) is 22.2 Å². The molecule has 1 N–H and O–H groups in total. The van der Waals surface area contributed by atoms with Crippen molar-refractivity contribution in [3.8, 4) is 5.75 Å². The molecular formula is C24H20ClN3O2. The molecule has 1 aliphatic rings. The Morgan fingerprint density at radius 3 is 2.17 bits per heavy atom. The number of phenolic OH excluding ortho intramolecular Hbond substituents is 1. The van der Waals surface area contributed by atoms with E-state index in [-0.39, 0.29) is 11.7 Å². The Kier molecular flexibility index (Phi) is 5.29. The standard InChI is InChI=1S/C24H20ClN3O2/c1-27(2)19-9-3-16(4-10-19)15-22-24(30)28(20-11-13-21(29)14-12-20)23(26-22)17-5-7-18(25)8-6-17/h3-15,29H,1-2H3/b22-15+. The Morgan fingerprint density at radius 1 is 0.933 bits per heavy atom. The highest BCUT2D eigenvalue weighted by Gasteiger charge is 2.32. The Bertz CT molecular complexity index is 1130. The fourth-order valence-corrected chi connectivity index (χ4v) is 3.30. The van der Waals surface area contributed by atoms with E-state index in [4.69, 9.17) is 11.6 Å². The number of nitrogens with zero attached hydrogens (tertiary/aromatic N) is 3. The largest absolute Gasteiger partial charge is 0.508 e. The number of carbonyl (C=O) groups is 1. The first-order valence-electron chi connectivity index (χ1n) is 9.39. The van der Waals surface area contributed by atoms with Crippen LogP contribution in [0.5, 0.6) is 5.75 Å². The first-order chi connectivity index (χ1) is 14.4. The molecule has 5 nitrogen and oxygen atoms in total. The fraction of sp³-hybridized carbons (Fsp3) is 0.0833. The van der Waals surface area contributed by atoms with Crippen LogP contribution in [0.3, 0.4) is 0 Å². The quantitative estimate of drug-likeness (QED) is 0.611. The lowest BCUT2D eigenvalue weighted by Gasteiger charge is -2.18. The topological polar surface area (TPSA) is 56.1 Å². The molecule has 0 saturated carbocycles. The summed E-state index contributed by atoms with van der Waals surface area (Å²) >= 11 is 6.03. The maximum Gasteiger partial charge on any atom is 0.282 e. The Balaban J connectivity index is 1.77. The normalized spacial score (nSPS) is 14.9. The third-order valence-electron chi connectivity index (χ3n) is 4.78. The van der Waals surface area contributed by atoms with Gasteiger partial charge in [0.15, 0.2) is 0 Å². The first-order valence-corrected chi connectivity index (χ1v) is 9.77. The van der Waals surface area contributed by atoms with Crippen LogP contribution in [0.4, 0.5) is 11.4 Å². The van der Waals surface area contributed by atoms with Crippen LogP contribution in [0.15, 0.2) is 83.5 Å². The van der Waals surface area contributed by atoms with Crippen molar-refractivity contribution in [1.82, 2.24) is 0 Å². The maximum atomic E-state index is 13.3. The number of hydrogen-bond acceptors (Lipinski definition) is 4. The van der Waals surface area contributed by atoms with Gasteiger partial charge in [-0.25, -0.2) is 4.99 Å². The molecule has 0 spiro atoms. The fourth-order valence-electron chi connectivity index (χ4n) is 3.18. The summed E-state index contributed by atoms with van der Waals surface area (Å²) < 4.78 is 0. The van der Waals surface area contributed by atoms with Crippen molar-refractivity contribution in [2.75, 3.05) is 23.9 Å². The van der Waals surface area contributed by atoms with Gasteiger partial charge in [-0.1, -0.05) is 23.7 Å². The lowest BCUT2D eigenvalue weighted by atomic mass is 10.1. The number of aliphatic imine (C=N–C) groups is 1. The molecule has 1 heterocycles. The summed E-state index contributed by atoms with van der Waals surface area (Å²) in [5.41, 5.74) is 3.69. The average molecular weight is 418 g/mol. The minimum absolute atomic E-state index is 0.132. The second-order valence-electron chi connectivity index (χ2n) is 7.11. The molecule has 150 valence electrons. The number of aromatic hydroxyl groups is 1. The highest BCUT2D eigenvalue weighted by molar-refractivity contribution is 6.34. The van der Waals surface area contributed by atoms with Gasteiger partial charge in [0, 0.05) is 30.4 Å². The van der Waals surface area contributed by atoms with Crippen LogP contribution in [0.25, 0.3) is 6.08 Å². The van der Waals surface area contributed by atoms with E-state index in [1.54, 1.807) is 47.4 Å². The monoisotopic (exact) mass is 417 g/mol. The second kappa shape index (κ2) is 8.05. The third kappa shape index (κ3) is 3.93. The Labute approximate surface area is 180 Å². The van der Waals surface area contributed by atoms with E-state index >= 15 is 0 Å². The van der Waals surface area contributed by atoms with Gasteiger partial charge in [0.25, 0.3) is 5.91 Å². The number of phenols is 1. The molecule has 0 fully saturated rings. The van der Waals surface area contributed by atoms with Crippen molar-refractivity contribution in [3.05, 3.63) is 94.6 Å². The second-order valence-corrected chi connectivity index (χ2v) is 7.55. The zero-order valence-electron chi connectivity index (χ0n) is 16.6. The van der Waals surface area contributed by atoms with Gasteiger partial charge < -0.3 is 10.0 Å². The molecule has 30 heavy (non-hydrogen) atoms. The molecule has 3 aromatic rings. The van der Waals surface area contributed by atoms with Gasteiger partial charge >= 0.3 is 0 Å². The highest BCUT2D eigenvalue weighted by atomic mass is 35.5. The van der Waals surface area contributed by atoms with Gasteiger partial charge in [-0.2, -0.15) is 0 Å². The number of carbonyl (C=O) groups excluding carboxylic acids is 1. The van der Waals surface area contributed by atoms with E-state index in [1.807, 2.05) is 55.4 Å². The molecule has 3 aromatic carbocycles. The molecule has 0 atom stereocenters. The predicted octanol–water partition coefficient (Wildman–Crippen LogP) is 4.95. The van der Waals surface area contributed by atoms with Crippen LogP contribution in [-0.4, -0.2) is 30.9 Å². The molecule has 0 bridgehead atoms. The molecule has 0 radical (unpaired) electrons. The first kappa shape index (κ1) is 19.7. The zero-order chi connectivity index (χ0) is 21.3. The molecule has 4 rings (SSSR count). The summed E-state index contributed by atoms with van der Waals surface area (Å²) in [4.78, 5) is 21.5. The Morgan fingerprint density at radius 2 is 1.57 bits per heavy atom. The van der Waals surface area contributed by atoms with Gasteiger partial charge in [-0.05, 0) is 72.3 Å². The van der Waals surface area contributed by atoms with E-state index in [2.05, 4.69) is 4.99 Å². The Hall–Kier alpha value is -3.57. The molecule has 6 heteroatoms. The number of rotatable bonds is 4. The van der Waals surface area contributed by atoms with Gasteiger partial charge in [-0.3, -0.25) is 9.69 Å². The minimum Gasteiger partial charge on any atom is -0.508 e. The molecule has 0 saturated heterocycles. The molecule has 0 aromatic heterocycles. The minimum atomic E-state index is -0.234. The summed E-state index contributed by atoms with van der Waals surface area (Å²) in [6.07, 6.45) is 1.78. The molecular weight excluding hydrogens is 398 g/mol. The molecule has 1 aliphatic heterocycles. The highest BCUT2D eigenvalue weighted by Crippen LogP contribution is 2.29. The maximum absolute atomic E-state index is 13.3. The summed E-state index contributed by atoms with van der Waals surface area (Å²) in [6.45, 7) is 0. The van der Waals surface area contributed by atoms with Crippen molar-refractivity contribution in [3.63, 3.8) is 0 Å². The summed E-state index contributed by atoms with van der Waals surface area (Å²) in [6, 6.07) is 21.6. The molecule has 1 amide bonds. The summed E-state index contributed by atoms with van der Waals surface area (Å²) in [5, 5.41) is 10.2. The van der Waals surface area contributed by atoms with Crippen molar-refractivity contribution in [2.24, 2.45) is 4.99 Å². The number of amidine groups is 1. The van der Waals surface area contributed by atoms with Crippen LogP contribution >= 0.6 is 11.6 Å². The number of benzene rings is 3. The number of amides is 1. The zero-order valence-corrected chi connectivity index (χ0v) is 17.3. The van der Waals surface area contributed by atoms with Crippen LogP contribution in [0, 0.1) is 0 Å². The predicted molar refractivity (Wildman–Crippen MR) is 122 cm³/mol.